The zero-order chi connectivity index (χ0) is 16.8. The van der Waals surface area contributed by atoms with Gasteiger partial charge in [0.25, 0.3) is 0 Å². The average Bonchev–Trinajstić information content (AvgIpc) is 3.27. The number of morpholine rings is 1. The summed E-state index contributed by atoms with van der Waals surface area (Å²) in [5.74, 6) is 1.04. The summed E-state index contributed by atoms with van der Waals surface area (Å²) in [6.07, 6.45) is 1.96. The van der Waals surface area contributed by atoms with E-state index in [9.17, 15) is 0 Å². The van der Waals surface area contributed by atoms with Gasteiger partial charge in [-0.2, -0.15) is 0 Å². The van der Waals surface area contributed by atoms with Crippen LogP contribution in [0.25, 0.3) is 20.7 Å². The molecule has 1 aromatic carbocycles. The molecule has 2 fully saturated rings. The number of benzene rings is 1. The van der Waals surface area contributed by atoms with Crippen molar-refractivity contribution in [3.8, 4) is 10.4 Å². The third-order valence-electron chi connectivity index (χ3n) is 5.25. The van der Waals surface area contributed by atoms with E-state index in [-0.39, 0.29) is 6.10 Å². The van der Waals surface area contributed by atoms with Gasteiger partial charge in [-0.05, 0) is 18.7 Å². The minimum absolute atomic E-state index is 0.274. The van der Waals surface area contributed by atoms with E-state index in [1.54, 1.807) is 17.7 Å². The normalized spacial score (nSPS) is 24.0. The highest BCUT2D eigenvalue weighted by atomic mass is 32.1. The molecule has 2 unspecified atom stereocenters. The van der Waals surface area contributed by atoms with Crippen LogP contribution in [0.15, 0.2) is 42.7 Å². The minimum atomic E-state index is 0.274. The first-order chi connectivity index (χ1) is 12.3. The lowest BCUT2D eigenvalue weighted by atomic mass is 10.1. The number of hydrogen-bond donors (Lipinski definition) is 0. The third-order valence-corrected chi connectivity index (χ3v) is 6.34. The number of likely N-dealkylation sites (N-methyl/N-ethyl adjacent to an activating group) is 1. The standard InChI is InChI=1S/C19H20N4OS/c1-22-7-8-24-16-11-23(10-15(16)22)18-14-9-17(13-5-3-2-4-6-13)25-19(14)21-12-20-18/h2-6,9,12,15-16H,7-8,10-11H2,1H3. The van der Waals surface area contributed by atoms with E-state index >= 15 is 0 Å². The van der Waals surface area contributed by atoms with Crippen molar-refractivity contribution in [1.29, 1.82) is 0 Å². The Hall–Kier alpha value is -2.02. The van der Waals surface area contributed by atoms with Gasteiger partial charge in [-0.3, -0.25) is 4.90 Å². The molecule has 0 bridgehead atoms. The second kappa shape index (κ2) is 6.05. The number of aromatic nitrogens is 2. The first-order valence-corrected chi connectivity index (χ1v) is 9.48. The molecule has 0 saturated carbocycles. The van der Waals surface area contributed by atoms with E-state index in [1.165, 1.54) is 10.4 Å². The molecule has 2 aromatic heterocycles. The van der Waals surface area contributed by atoms with Crippen molar-refractivity contribution in [2.45, 2.75) is 12.1 Å². The lowest BCUT2D eigenvalue weighted by Crippen LogP contribution is -2.48. The molecule has 0 N–H and O–H groups in total. The zero-order valence-electron chi connectivity index (χ0n) is 14.1. The predicted octanol–water partition coefficient (Wildman–Crippen LogP) is 2.88. The fourth-order valence-corrected chi connectivity index (χ4v) is 4.87. The topological polar surface area (TPSA) is 41.5 Å². The van der Waals surface area contributed by atoms with Gasteiger partial charge in [-0.1, -0.05) is 30.3 Å². The van der Waals surface area contributed by atoms with Gasteiger partial charge in [0.15, 0.2) is 0 Å². The van der Waals surface area contributed by atoms with Gasteiger partial charge in [-0.15, -0.1) is 11.3 Å². The van der Waals surface area contributed by atoms with Crippen molar-refractivity contribution in [3.05, 3.63) is 42.7 Å². The molecule has 3 aromatic rings. The molecule has 2 aliphatic rings. The molecule has 2 saturated heterocycles. The lowest BCUT2D eigenvalue weighted by molar-refractivity contribution is -0.0362. The van der Waals surface area contributed by atoms with Crippen molar-refractivity contribution < 1.29 is 4.74 Å². The Labute approximate surface area is 150 Å². The lowest BCUT2D eigenvalue weighted by Gasteiger charge is -2.33. The molecule has 5 rings (SSSR count). The molecule has 5 nitrogen and oxygen atoms in total. The Morgan fingerprint density at radius 1 is 1.16 bits per heavy atom. The summed E-state index contributed by atoms with van der Waals surface area (Å²) >= 11 is 1.73. The van der Waals surface area contributed by atoms with Crippen molar-refractivity contribution in [2.75, 3.05) is 38.2 Å². The first kappa shape index (κ1) is 15.3. The number of hydrogen-bond acceptors (Lipinski definition) is 6. The van der Waals surface area contributed by atoms with Gasteiger partial charge >= 0.3 is 0 Å². The van der Waals surface area contributed by atoms with Crippen LogP contribution in [-0.2, 0) is 4.74 Å². The Bertz CT molecular complexity index is 897. The van der Waals surface area contributed by atoms with Crippen LogP contribution in [0.2, 0.25) is 0 Å². The summed E-state index contributed by atoms with van der Waals surface area (Å²) in [5, 5.41) is 1.15. The molecule has 0 amide bonds. The molecule has 2 atom stereocenters. The Kier molecular flexibility index (Phi) is 3.69. The molecule has 0 radical (unpaired) electrons. The van der Waals surface area contributed by atoms with Crippen LogP contribution in [0, 0.1) is 0 Å². The first-order valence-electron chi connectivity index (χ1n) is 8.66. The zero-order valence-corrected chi connectivity index (χ0v) is 14.9. The molecular weight excluding hydrogens is 332 g/mol. The van der Waals surface area contributed by atoms with Gasteiger partial charge in [0.2, 0.25) is 0 Å². The van der Waals surface area contributed by atoms with Crippen molar-refractivity contribution in [1.82, 2.24) is 14.9 Å². The summed E-state index contributed by atoms with van der Waals surface area (Å²) in [7, 11) is 2.19. The second-order valence-electron chi connectivity index (χ2n) is 6.75. The Balaban J connectivity index is 1.53. The molecule has 128 valence electrons. The van der Waals surface area contributed by atoms with E-state index in [0.717, 1.165) is 42.3 Å². The Morgan fingerprint density at radius 3 is 2.88 bits per heavy atom. The van der Waals surface area contributed by atoms with Crippen LogP contribution in [0.1, 0.15) is 0 Å². The number of rotatable bonds is 2. The Morgan fingerprint density at radius 2 is 2.04 bits per heavy atom. The number of nitrogens with zero attached hydrogens (tertiary/aromatic N) is 4. The summed E-state index contributed by atoms with van der Waals surface area (Å²) in [5.41, 5.74) is 1.23. The fourth-order valence-electron chi connectivity index (χ4n) is 3.87. The quantitative estimate of drug-likeness (QED) is 0.709. The number of fused-ring (bicyclic) bond motifs is 2. The molecule has 25 heavy (non-hydrogen) atoms. The SMILES string of the molecule is CN1CCOC2CN(c3ncnc4sc(-c5ccccc5)cc34)CC21. The van der Waals surface area contributed by atoms with Crippen LogP contribution in [0.4, 0.5) is 5.82 Å². The third kappa shape index (κ3) is 2.61. The van der Waals surface area contributed by atoms with Crippen LogP contribution < -0.4 is 4.90 Å². The number of ether oxygens (including phenoxy) is 1. The molecule has 6 heteroatoms. The van der Waals surface area contributed by atoms with Gasteiger partial charge in [0.05, 0.1) is 24.1 Å². The maximum Gasteiger partial charge on any atom is 0.140 e. The second-order valence-corrected chi connectivity index (χ2v) is 7.79. The number of thiophene rings is 1. The smallest absolute Gasteiger partial charge is 0.140 e. The molecule has 0 aliphatic carbocycles. The van der Waals surface area contributed by atoms with E-state index in [4.69, 9.17) is 4.74 Å². The molecule has 4 heterocycles. The molecule has 0 spiro atoms. The van der Waals surface area contributed by atoms with Crippen molar-refractivity contribution in [3.63, 3.8) is 0 Å². The van der Waals surface area contributed by atoms with Gasteiger partial charge < -0.3 is 9.64 Å². The largest absolute Gasteiger partial charge is 0.373 e. The van der Waals surface area contributed by atoms with Crippen molar-refractivity contribution >= 4 is 27.4 Å². The van der Waals surface area contributed by atoms with E-state index < -0.39 is 0 Å². The van der Waals surface area contributed by atoms with E-state index in [1.807, 2.05) is 6.07 Å². The van der Waals surface area contributed by atoms with Crippen molar-refractivity contribution in [2.24, 2.45) is 0 Å². The van der Waals surface area contributed by atoms with Crippen LogP contribution in [-0.4, -0.2) is 60.3 Å². The van der Waals surface area contributed by atoms with Crippen LogP contribution in [0.3, 0.4) is 0 Å². The highest BCUT2D eigenvalue weighted by Crippen LogP contribution is 2.37. The van der Waals surface area contributed by atoms with Gasteiger partial charge in [-0.25, -0.2) is 9.97 Å². The van der Waals surface area contributed by atoms with E-state index in [0.29, 0.717) is 6.04 Å². The van der Waals surface area contributed by atoms with Crippen LogP contribution >= 0.6 is 11.3 Å². The molecular formula is C19H20N4OS. The van der Waals surface area contributed by atoms with Gasteiger partial charge in [0, 0.05) is 24.5 Å². The number of anilines is 1. The van der Waals surface area contributed by atoms with Crippen LogP contribution in [0.5, 0.6) is 0 Å². The maximum atomic E-state index is 5.99. The summed E-state index contributed by atoms with van der Waals surface area (Å²) in [6.45, 7) is 3.69. The minimum Gasteiger partial charge on any atom is -0.373 e. The fraction of sp³-hybridized carbons (Fsp3) is 0.368. The monoisotopic (exact) mass is 352 g/mol. The average molecular weight is 352 g/mol. The highest BCUT2D eigenvalue weighted by molar-refractivity contribution is 7.21. The van der Waals surface area contributed by atoms with E-state index in [2.05, 4.69) is 57.1 Å². The van der Waals surface area contributed by atoms with Gasteiger partial charge in [0.1, 0.15) is 17.0 Å². The maximum absolute atomic E-state index is 5.99. The molecule has 2 aliphatic heterocycles. The predicted molar refractivity (Wildman–Crippen MR) is 101 cm³/mol. The summed E-state index contributed by atoms with van der Waals surface area (Å²) in [4.78, 5) is 16.2. The summed E-state index contributed by atoms with van der Waals surface area (Å²) < 4.78 is 5.99. The highest BCUT2D eigenvalue weighted by Gasteiger charge is 2.39. The summed E-state index contributed by atoms with van der Waals surface area (Å²) in [6, 6.07) is 13.2.